The van der Waals surface area contributed by atoms with Gasteiger partial charge < -0.3 is 5.32 Å². The third kappa shape index (κ3) is 1.79. The Hall–Kier alpha value is -2.19. The zero-order valence-electron chi connectivity index (χ0n) is 11.3. The molecule has 7 nitrogen and oxygen atoms in total. The molecule has 1 N–H and O–H groups in total. The van der Waals surface area contributed by atoms with Gasteiger partial charge in [0.1, 0.15) is 0 Å². The van der Waals surface area contributed by atoms with Crippen molar-refractivity contribution >= 4 is 20.9 Å². The highest BCUT2D eigenvalue weighted by atomic mass is 32.2. The van der Waals surface area contributed by atoms with E-state index in [9.17, 15) is 8.42 Å². The Balaban J connectivity index is 1.86. The first kappa shape index (κ1) is 12.5. The molecule has 108 valence electrons. The molecule has 0 bridgehead atoms. The van der Waals surface area contributed by atoms with Crippen LogP contribution >= 0.6 is 0 Å². The second-order valence-corrected chi connectivity index (χ2v) is 6.87. The van der Waals surface area contributed by atoms with Gasteiger partial charge in [-0.2, -0.15) is 22.7 Å². The van der Waals surface area contributed by atoms with Gasteiger partial charge in [-0.3, -0.25) is 4.68 Å². The molecule has 0 amide bonds. The maximum absolute atomic E-state index is 12.7. The lowest BCUT2D eigenvalue weighted by Crippen LogP contribution is -2.15. The molecule has 2 aromatic heterocycles. The van der Waals surface area contributed by atoms with Crippen LogP contribution in [0.25, 0.3) is 10.9 Å². The normalized spacial score (nSPS) is 14.7. The molecule has 1 aliphatic rings. The maximum atomic E-state index is 12.7. The Labute approximate surface area is 121 Å². The van der Waals surface area contributed by atoms with Crippen molar-refractivity contribution in [3.8, 4) is 0 Å². The molecule has 21 heavy (non-hydrogen) atoms. The summed E-state index contributed by atoms with van der Waals surface area (Å²) in [7, 11) is -1.88. The van der Waals surface area contributed by atoms with Gasteiger partial charge in [-0.1, -0.05) is 0 Å². The number of nitrogens with one attached hydrogen (secondary N) is 1. The molecule has 3 aromatic rings. The minimum absolute atomic E-state index is 0.215. The average Bonchev–Trinajstić information content (AvgIpc) is 3.13. The molecule has 0 atom stereocenters. The van der Waals surface area contributed by atoms with Crippen LogP contribution in [0.4, 0.5) is 0 Å². The van der Waals surface area contributed by atoms with Gasteiger partial charge in [-0.15, -0.1) is 0 Å². The molecule has 4 rings (SSSR count). The van der Waals surface area contributed by atoms with E-state index in [1.54, 1.807) is 42.3 Å². The number of nitrogens with zero attached hydrogens (tertiary/aromatic N) is 4. The second kappa shape index (κ2) is 4.15. The monoisotopic (exact) mass is 303 g/mol. The standard InChI is InChI=1S/C13H13N5O2S/c1-17-13-4-11(3-2-9(13)6-15-17)21(19,20)18-8-10-5-14-7-12(10)16-18/h2-4,6,8,14H,5,7H2,1H3. The Bertz CT molecular complexity index is 933. The number of aryl methyl sites for hydroxylation is 1. The van der Waals surface area contributed by atoms with Crippen LogP contribution in [-0.4, -0.2) is 27.4 Å². The molecular weight excluding hydrogens is 290 g/mol. The van der Waals surface area contributed by atoms with Crippen molar-refractivity contribution in [2.45, 2.75) is 18.0 Å². The van der Waals surface area contributed by atoms with E-state index in [0.717, 1.165) is 26.2 Å². The molecule has 0 radical (unpaired) electrons. The van der Waals surface area contributed by atoms with E-state index in [2.05, 4.69) is 15.5 Å². The Morgan fingerprint density at radius 3 is 2.95 bits per heavy atom. The summed E-state index contributed by atoms with van der Waals surface area (Å²) in [4.78, 5) is 0.215. The van der Waals surface area contributed by atoms with Gasteiger partial charge in [0, 0.05) is 37.3 Å². The molecule has 3 heterocycles. The summed E-state index contributed by atoms with van der Waals surface area (Å²) >= 11 is 0. The van der Waals surface area contributed by atoms with E-state index in [4.69, 9.17) is 0 Å². The van der Waals surface area contributed by atoms with Crippen molar-refractivity contribution in [3.63, 3.8) is 0 Å². The molecule has 0 spiro atoms. The summed E-state index contributed by atoms with van der Waals surface area (Å²) in [5, 5.41) is 12.3. The number of rotatable bonds is 2. The van der Waals surface area contributed by atoms with Gasteiger partial charge in [0.15, 0.2) is 0 Å². The maximum Gasteiger partial charge on any atom is 0.283 e. The molecule has 0 saturated heterocycles. The van der Waals surface area contributed by atoms with E-state index < -0.39 is 10.0 Å². The van der Waals surface area contributed by atoms with E-state index in [1.807, 2.05) is 0 Å². The molecule has 0 fully saturated rings. The Kier molecular flexibility index (Phi) is 2.48. The number of aromatic nitrogens is 4. The quantitative estimate of drug-likeness (QED) is 0.750. The lowest BCUT2D eigenvalue weighted by molar-refractivity contribution is 0.578. The van der Waals surface area contributed by atoms with Crippen LogP contribution in [0.2, 0.25) is 0 Å². The predicted octanol–water partition coefficient (Wildman–Crippen LogP) is 0.610. The Morgan fingerprint density at radius 2 is 2.14 bits per heavy atom. The third-order valence-corrected chi connectivity index (χ3v) is 5.26. The minimum Gasteiger partial charge on any atom is -0.307 e. The van der Waals surface area contributed by atoms with Crippen molar-refractivity contribution in [2.24, 2.45) is 7.05 Å². The van der Waals surface area contributed by atoms with Crippen LogP contribution in [0.3, 0.4) is 0 Å². The highest BCUT2D eigenvalue weighted by Gasteiger charge is 2.23. The number of fused-ring (bicyclic) bond motifs is 2. The first-order chi connectivity index (χ1) is 10.1. The highest BCUT2D eigenvalue weighted by Crippen LogP contribution is 2.22. The van der Waals surface area contributed by atoms with Crippen LogP contribution in [0.15, 0.2) is 35.5 Å². The van der Waals surface area contributed by atoms with Crippen molar-refractivity contribution in [3.05, 3.63) is 41.9 Å². The SMILES string of the molecule is Cn1ncc2ccc(S(=O)(=O)n3cc4c(n3)CNC4)cc21. The third-order valence-electron chi connectivity index (χ3n) is 3.73. The summed E-state index contributed by atoms with van der Waals surface area (Å²) in [6.45, 7) is 1.27. The van der Waals surface area contributed by atoms with Gasteiger partial charge in [0.05, 0.1) is 22.3 Å². The topological polar surface area (TPSA) is 81.8 Å². The predicted molar refractivity (Wildman–Crippen MR) is 76.1 cm³/mol. The van der Waals surface area contributed by atoms with Gasteiger partial charge in [-0.25, -0.2) is 0 Å². The van der Waals surface area contributed by atoms with Crippen molar-refractivity contribution < 1.29 is 8.42 Å². The lowest BCUT2D eigenvalue weighted by Gasteiger charge is -2.05. The van der Waals surface area contributed by atoms with Gasteiger partial charge in [-0.05, 0) is 18.2 Å². The van der Waals surface area contributed by atoms with Gasteiger partial charge in [0.2, 0.25) is 0 Å². The van der Waals surface area contributed by atoms with Crippen LogP contribution in [0.1, 0.15) is 11.3 Å². The highest BCUT2D eigenvalue weighted by molar-refractivity contribution is 7.89. The van der Waals surface area contributed by atoms with Crippen LogP contribution < -0.4 is 5.32 Å². The van der Waals surface area contributed by atoms with Gasteiger partial charge in [0.25, 0.3) is 10.0 Å². The minimum atomic E-state index is -3.67. The van der Waals surface area contributed by atoms with E-state index in [1.165, 1.54) is 0 Å². The van der Waals surface area contributed by atoms with Crippen molar-refractivity contribution in [2.75, 3.05) is 0 Å². The molecule has 1 aromatic carbocycles. The van der Waals surface area contributed by atoms with Crippen molar-refractivity contribution in [1.82, 2.24) is 24.3 Å². The largest absolute Gasteiger partial charge is 0.307 e. The summed E-state index contributed by atoms with van der Waals surface area (Å²) < 4.78 is 28.1. The average molecular weight is 303 g/mol. The van der Waals surface area contributed by atoms with Crippen LogP contribution in [0, 0.1) is 0 Å². The second-order valence-electron chi connectivity index (χ2n) is 5.07. The fourth-order valence-corrected chi connectivity index (χ4v) is 3.74. The zero-order chi connectivity index (χ0) is 14.6. The van der Waals surface area contributed by atoms with Crippen LogP contribution in [-0.2, 0) is 30.2 Å². The smallest absolute Gasteiger partial charge is 0.283 e. The fourth-order valence-electron chi connectivity index (χ4n) is 2.55. The number of hydrogen-bond acceptors (Lipinski definition) is 5. The number of hydrogen-bond donors (Lipinski definition) is 1. The molecule has 1 aliphatic heterocycles. The van der Waals surface area contributed by atoms with E-state index >= 15 is 0 Å². The molecule has 0 unspecified atom stereocenters. The van der Waals surface area contributed by atoms with Crippen molar-refractivity contribution in [1.29, 1.82) is 0 Å². The number of benzene rings is 1. The zero-order valence-corrected chi connectivity index (χ0v) is 12.1. The Morgan fingerprint density at radius 1 is 1.29 bits per heavy atom. The summed E-state index contributed by atoms with van der Waals surface area (Å²) in [6.07, 6.45) is 3.29. The molecule has 0 saturated carbocycles. The lowest BCUT2D eigenvalue weighted by atomic mass is 10.3. The fraction of sp³-hybridized carbons (Fsp3) is 0.231. The van der Waals surface area contributed by atoms with E-state index in [-0.39, 0.29) is 4.90 Å². The molecule has 8 heteroatoms. The molecular formula is C13H13N5O2S. The summed E-state index contributed by atoms with van der Waals surface area (Å²) in [5.41, 5.74) is 2.50. The summed E-state index contributed by atoms with van der Waals surface area (Å²) in [5.74, 6) is 0. The van der Waals surface area contributed by atoms with E-state index in [0.29, 0.717) is 13.1 Å². The summed E-state index contributed by atoms with van der Waals surface area (Å²) in [6, 6.07) is 4.97. The van der Waals surface area contributed by atoms with Crippen LogP contribution in [0.5, 0.6) is 0 Å². The molecule has 0 aliphatic carbocycles. The van der Waals surface area contributed by atoms with Gasteiger partial charge >= 0.3 is 0 Å². The first-order valence-electron chi connectivity index (χ1n) is 6.51. The first-order valence-corrected chi connectivity index (χ1v) is 7.95.